The van der Waals surface area contributed by atoms with Gasteiger partial charge in [-0.05, 0) is 24.5 Å². The maximum Gasteiger partial charge on any atom is 0.0313 e. The molecule has 2 rings (SSSR count). The Morgan fingerprint density at radius 3 is 2.14 bits per heavy atom. The van der Waals surface area contributed by atoms with Gasteiger partial charge in [-0.15, -0.1) is 0 Å². The molecule has 0 spiro atoms. The number of anilines is 1. The summed E-state index contributed by atoms with van der Waals surface area (Å²) in [7, 11) is 0. The molecule has 0 amide bonds. The molecule has 2 N–H and O–H groups in total. The lowest BCUT2D eigenvalue weighted by molar-refractivity contribution is 0.737. The number of nitrogen functional groups attached to an aromatic ring is 1. The van der Waals surface area contributed by atoms with Crippen molar-refractivity contribution in [2.24, 2.45) is 5.92 Å². The van der Waals surface area contributed by atoms with Crippen LogP contribution in [-0.4, -0.2) is 0 Å². The first-order chi connectivity index (χ1) is 6.79. The molecule has 1 heteroatoms. The van der Waals surface area contributed by atoms with Crippen molar-refractivity contribution in [2.45, 2.75) is 13.3 Å². The van der Waals surface area contributed by atoms with Gasteiger partial charge in [0, 0.05) is 5.69 Å². The number of para-hydroxylation sites is 1. The van der Waals surface area contributed by atoms with Crippen LogP contribution in [0.4, 0.5) is 5.69 Å². The van der Waals surface area contributed by atoms with Crippen LogP contribution < -0.4 is 5.73 Å². The number of hydrogen-bond donors (Lipinski definition) is 1. The topological polar surface area (TPSA) is 26.0 Å². The lowest BCUT2D eigenvalue weighted by Crippen LogP contribution is -1.87. The second-order valence-electron chi connectivity index (χ2n) is 3.44. The summed E-state index contributed by atoms with van der Waals surface area (Å²) in [5, 5.41) is 0. The molecule has 74 valence electrons. The largest absolute Gasteiger partial charge is 0.399 e. The summed E-state index contributed by atoms with van der Waals surface area (Å²) < 4.78 is 0. The second-order valence-corrected chi connectivity index (χ2v) is 3.44. The molecular weight excluding hydrogens is 170 g/mol. The normalized spacial score (nSPS) is 18.5. The molecule has 1 unspecified atom stereocenters. The van der Waals surface area contributed by atoms with Gasteiger partial charge in [-0.3, -0.25) is 0 Å². The highest BCUT2D eigenvalue weighted by Gasteiger charge is 1.93. The second kappa shape index (κ2) is 6.03. The predicted octanol–water partition coefficient (Wildman–Crippen LogP) is 3.41. The van der Waals surface area contributed by atoms with Crippen molar-refractivity contribution in [2.75, 3.05) is 5.73 Å². The molecule has 0 heterocycles. The van der Waals surface area contributed by atoms with E-state index in [2.05, 4.69) is 31.2 Å². The van der Waals surface area contributed by atoms with E-state index < -0.39 is 0 Å². The monoisotopic (exact) mass is 187 g/mol. The van der Waals surface area contributed by atoms with E-state index >= 15 is 0 Å². The molecule has 0 radical (unpaired) electrons. The number of rotatable bonds is 0. The molecule has 0 fully saturated rings. The van der Waals surface area contributed by atoms with Crippen LogP contribution in [0.5, 0.6) is 0 Å². The van der Waals surface area contributed by atoms with Crippen molar-refractivity contribution in [1.29, 1.82) is 0 Å². The van der Waals surface area contributed by atoms with Crippen LogP contribution in [0.1, 0.15) is 13.3 Å². The van der Waals surface area contributed by atoms with Gasteiger partial charge in [0.1, 0.15) is 0 Å². The lowest BCUT2D eigenvalue weighted by Gasteiger charge is -2.02. The van der Waals surface area contributed by atoms with Gasteiger partial charge in [-0.25, -0.2) is 0 Å². The molecule has 1 atom stereocenters. The van der Waals surface area contributed by atoms with Crippen molar-refractivity contribution in [3.05, 3.63) is 54.6 Å². The summed E-state index contributed by atoms with van der Waals surface area (Å²) in [5.41, 5.74) is 6.18. The molecule has 0 saturated heterocycles. The number of allylic oxidation sites excluding steroid dienone is 4. The fourth-order valence-electron chi connectivity index (χ4n) is 1.16. The Morgan fingerprint density at radius 2 is 1.86 bits per heavy atom. The Balaban J connectivity index is 0.000000140. The van der Waals surface area contributed by atoms with Crippen LogP contribution in [0.2, 0.25) is 0 Å². The smallest absolute Gasteiger partial charge is 0.0313 e. The minimum Gasteiger partial charge on any atom is -0.399 e. The summed E-state index contributed by atoms with van der Waals surface area (Å²) >= 11 is 0. The van der Waals surface area contributed by atoms with E-state index in [9.17, 15) is 0 Å². The zero-order valence-electron chi connectivity index (χ0n) is 8.56. The summed E-state index contributed by atoms with van der Waals surface area (Å²) in [6, 6.07) is 9.49. The molecule has 1 aromatic rings. The highest BCUT2D eigenvalue weighted by Crippen LogP contribution is 2.08. The summed E-state index contributed by atoms with van der Waals surface area (Å²) in [4.78, 5) is 0. The summed E-state index contributed by atoms with van der Waals surface area (Å²) in [5.74, 6) is 0.769. The third-order valence-corrected chi connectivity index (χ3v) is 1.99. The Labute approximate surface area is 85.9 Å². The average molecular weight is 187 g/mol. The first kappa shape index (κ1) is 10.6. The first-order valence-electron chi connectivity index (χ1n) is 4.93. The molecule has 14 heavy (non-hydrogen) atoms. The number of nitrogens with two attached hydrogens (primary N) is 1. The van der Waals surface area contributed by atoms with E-state index in [1.165, 1.54) is 6.42 Å². The predicted molar refractivity (Wildman–Crippen MR) is 62.9 cm³/mol. The van der Waals surface area contributed by atoms with Gasteiger partial charge in [0.2, 0.25) is 0 Å². The highest BCUT2D eigenvalue weighted by atomic mass is 14.5. The maximum absolute atomic E-state index is 5.36. The van der Waals surface area contributed by atoms with Crippen molar-refractivity contribution >= 4 is 5.69 Å². The highest BCUT2D eigenvalue weighted by molar-refractivity contribution is 5.35. The van der Waals surface area contributed by atoms with E-state index in [0.29, 0.717) is 0 Å². The quantitative estimate of drug-likeness (QED) is 0.619. The van der Waals surface area contributed by atoms with E-state index in [-0.39, 0.29) is 0 Å². The van der Waals surface area contributed by atoms with Gasteiger partial charge in [0.25, 0.3) is 0 Å². The van der Waals surface area contributed by atoms with Crippen LogP contribution in [0.25, 0.3) is 0 Å². The van der Waals surface area contributed by atoms with E-state index in [4.69, 9.17) is 5.73 Å². The van der Waals surface area contributed by atoms with Gasteiger partial charge >= 0.3 is 0 Å². The van der Waals surface area contributed by atoms with E-state index in [1.54, 1.807) is 0 Å². The molecule has 0 saturated carbocycles. The number of benzene rings is 1. The van der Waals surface area contributed by atoms with Crippen LogP contribution in [0, 0.1) is 5.92 Å². The van der Waals surface area contributed by atoms with Gasteiger partial charge in [-0.1, -0.05) is 49.4 Å². The molecule has 1 aliphatic carbocycles. The fraction of sp³-hybridized carbons (Fsp3) is 0.231. The third kappa shape index (κ3) is 4.51. The van der Waals surface area contributed by atoms with Crippen molar-refractivity contribution in [3.8, 4) is 0 Å². The Morgan fingerprint density at radius 1 is 1.14 bits per heavy atom. The molecular formula is C13H17N. The minimum absolute atomic E-state index is 0.769. The van der Waals surface area contributed by atoms with Crippen molar-refractivity contribution < 1.29 is 0 Å². The van der Waals surface area contributed by atoms with Gasteiger partial charge in [-0.2, -0.15) is 0 Å². The maximum atomic E-state index is 5.36. The van der Waals surface area contributed by atoms with E-state index in [0.717, 1.165) is 11.6 Å². The van der Waals surface area contributed by atoms with Crippen LogP contribution in [-0.2, 0) is 0 Å². The molecule has 1 nitrogen and oxygen atoms in total. The SMILES string of the molecule is CC1C=CC=CC1.Nc1ccccc1. The first-order valence-corrected chi connectivity index (χ1v) is 4.93. The van der Waals surface area contributed by atoms with Gasteiger partial charge in [0.05, 0.1) is 0 Å². The standard InChI is InChI=1S/C7H10.C6H7N/c1-7-5-3-2-4-6-7;7-6-4-2-1-3-5-6/h2-5,7H,6H2,1H3;1-5H,7H2. The fourth-order valence-corrected chi connectivity index (χ4v) is 1.16. The molecule has 1 aliphatic rings. The van der Waals surface area contributed by atoms with Gasteiger partial charge in [0.15, 0.2) is 0 Å². The molecule has 1 aromatic carbocycles. The van der Waals surface area contributed by atoms with Crippen molar-refractivity contribution in [1.82, 2.24) is 0 Å². The Hall–Kier alpha value is -1.50. The zero-order chi connectivity index (χ0) is 10.2. The Bertz CT molecular complexity index is 298. The zero-order valence-corrected chi connectivity index (χ0v) is 8.56. The lowest BCUT2D eigenvalue weighted by atomic mass is 10.0. The average Bonchev–Trinajstić information content (AvgIpc) is 2.21. The summed E-state index contributed by atoms with van der Waals surface area (Å²) in [6.07, 6.45) is 9.84. The molecule has 0 aliphatic heterocycles. The van der Waals surface area contributed by atoms with E-state index in [1.807, 2.05) is 30.3 Å². The molecule has 0 bridgehead atoms. The van der Waals surface area contributed by atoms with Crippen LogP contribution >= 0.6 is 0 Å². The minimum atomic E-state index is 0.769. The number of hydrogen-bond acceptors (Lipinski definition) is 1. The third-order valence-electron chi connectivity index (χ3n) is 1.99. The Kier molecular flexibility index (Phi) is 4.56. The van der Waals surface area contributed by atoms with Crippen molar-refractivity contribution in [3.63, 3.8) is 0 Å². The van der Waals surface area contributed by atoms with Crippen LogP contribution in [0.15, 0.2) is 54.6 Å². The van der Waals surface area contributed by atoms with Gasteiger partial charge < -0.3 is 5.73 Å². The summed E-state index contributed by atoms with van der Waals surface area (Å²) in [6.45, 7) is 2.22. The van der Waals surface area contributed by atoms with Crippen LogP contribution in [0.3, 0.4) is 0 Å². The molecule has 0 aromatic heterocycles.